The standard InChI is InChI=1S/C21H23N7O2/c1-3-22-20(29)14-4-8-16(9-5-14)28-17(10-11-18-23-12-13-27(18)2)19(25-26-28)21(30)24-15-6-7-15/h4-5,8-13,15H,3,6-7H2,1-2H3,(H,22,29)(H,24,30)/b11-10+. The third kappa shape index (κ3) is 4.14. The number of carbonyl (C=O) groups is 2. The summed E-state index contributed by atoms with van der Waals surface area (Å²) in [7, 11) is 1.89. The van der Waals surface area contributed by atoms with E-state index < -0.39 is 0 Å². The van der Waals surface area contributed by atoms with Gasteiger partial charge in [-0.1, -0.05) is 5.21 Å². The molecule has 154 valence electrons. The van der Waals surface area contributed by atoms with Crippen LogP contribution in [0, 0.1) is 0 Å². The van der Waals surface area contributed by atoms with Crippen molar-refractivity contribution in [3.8, 4) is 5.69 Å². The molecule has 2 N–H and O–H groups in total. The molecule has 0 unspecified atom stereocenters. The average Bonchev–Trinajstić information content (AvgIpc) is 3.30. The zero-order chi connectivity index (χ0) is 21.1. The fraction of sp³-hybridized carbons (Fsp3) is 0.286. The molecule has 2 amide bonds. The predicted octanol–water partition coefficient (Wildman–Crippen LogP) is 1.81. The molecule has 1 aliphatic rings. The van der Waals surface area contributed by atoms with E-state index in [1.165, 1.54) is 0 Å². The second-order valence-corrected chi connectivity index (χ2v) is 7.12. The molecule has 0 spiro atoms. The summed E-state index contributed by atoms with van der Waals surface area (Å²) in [5, 5.41) is 14.0. The first-order valence-electron chi connectivity index (χ1n) is 9.87. The van der Waals surface area contributed by atoms with Crippen molar-refractivity contribution in [2.45, 2.75) is 25.8 Å². The molecule has 2 heterocycles. The summed E-state index contributed by atoms with van der Waals surface area (Å²) in [6, 6.07) is 7.21. The number of benzene rings is 1. The Morgan fingerprint density at radius 1 is 1.17 bits per heavy atom. The number of amides is 2. The van der Waals surface area contributed by atoms with E-state index in [0.29, 0.717) is 23.5 Å². The van der Waals surface area contributed by atoms with Gasteiger partial charge < -0.3 is 15.2 Å². The molecule has 0 radical (unpaired) electrons. The third-order valence-electron chi connectivity index (χ3n) is 4.79. The lowest BCUT2D eigenvalue weighted by Gasteiger charge is -2.07. The van der Waals surface area contributed by atoms with Gasteiger partial charge in [0.05, 0.1) is 5.69 Å². The molecule has 0 saturated heterocycles. The minimum absolute atomic E-state index is 0.137. The Labute approximate surface area is 173 Å². The van der Waals surface area contributed by atoms with E-state index in [4.69, 9.17) is 0 Å². The Kier molecular flexibility index (Phi) is 5.42. The average molecular weight is 405 g/mol. The summed E-state index contributed by atoms with van der Waals surface area (Å²) in [5.41, 5.74) is 2.04. The highest BCUT2D eigenvalue weighted by atomic mass is 16.2. The highest BCUT2D eigenvalue weighted by Crippen LogP contribution is 2.21. The van der Waals surface area contributed by atoms with E-state index in [1.54, 1.807) is 41.2 Å². The molecule has 1 aromatic carbocycles. The minimum Gasteiger partial charge on any atom is -0.352 e. The van der Waals surface area contributed by atoms with Crippen LogP contribution in [-0.4, -0.2) is 48.9 Å². The largest absolute Gasteiger partial charge is 0.352 e. The SMILES string of the molecule is CCNC(=O)c1ccc(-n2nnc(C(=O)NC3CC3)c2/C=C/c2nccn2C)cc1. The Morgan fingerprint density at radius 2 is 1.93 bits per heavy atom. The Hall–Kier alpha value is -3.75. The Morgan fingerprint density at radius 3 is 2.57 bits per heavy atom. The van der Waals surface area contributed by atoms with Crippen LogP contribution in [0.15, 0.2) is 36.7 Å². The molecule has 1 aliphatic carbocycles. The van der Waals surface area contributed by atoms with Crippen molar-refractivity contribution < 1.29 is 9.59 Å². The zero-order valence-corrected chi connectivity index (χ0v) is 16.9. The second-order valence-electron chi connectivity index (χ2n) is 7.12. The van der Waals surface area contributed by atoms with Crippen LogP contribution in [0.25, 0.3) is 17.8 Å². The normalized spacial score (nSPS) is 13.5. The highest BCUT2D eigenvalue weighted by molar-refractivity contribution is 5.96. The van der Waals surface area contributed by atoms with E-state index in [0.717, 1.165) is 18.7 Å². The first kappa shape index (κ1) is 19.6. The maximum Gasteiger partial charge on any atom is 0.274 e. The van der Waals surface area contributed by atoms with Crippen molar-refractivity contribution in [3.05, 3.63) is 59.4 Å². The highest BCUT2D eigenvalue weighted by Gasteiger charge is 2.27. The van der Waals surface area contributed by atoms with Crippen molar-refractivity contribution in [1.29, 1.82) is 0 Å². The molecule has 0 atom stereocenters. The summed E-state index contributed by atoms with van der Waals surface area (Å²) in [5.74, 6) is 0.354. The number of rotatable bonds is 7. The van der Waals surface area contributed by atoms with Crippen LogP contribution in [0.2, 0.25) is 0 Å². The quantitative estimate of drug-likeness (QED) is 0.624. The molecule has 9 heteroatoms. The van der Waals surface area contributed by atoms with Crippen LogP contribution >= 0.6 is 0 Å². The number of carbonyl (C=O) groups excluding carboxylic acids is 2. The van der Waals surface area contributed by atoms with E-state index in [2.05, 4.69) is 25.9 Å². The van der Waals surface area contributed by atoms with Crippen molar-refractivity contribution in [1.82, 2.24) is 35.2 Å². The van der Waals surface area contributed by atoms with Crippen LogP contribution in [0.1, 0.15) is 52.1 Å². The van der Waals surface area contributed by atoms with Crippen molar-refractivity contribution in [3.63, 3.8) is 0 Å². The van der Waals surface area contributed by atoms with Crippen LogP contribution < -0.4 is 10.6 Å². The van der Waals surface area contributed by atoms with Gasteiger partial charge in [-0.15, -0.1) is 5.10 Å². The monoisotopic (exact) mass is 405 g/mol. The number of nitrogens with zero attached hydrogens (tertiary/aromatic N) is 5. The van der Waals surface area contributed by atoms with Gasteiger partial charge in [0, 0.05) is 37.6 Å². The first-order valence-corrected chi connectivity index (χ1v) is 9.87. The molecule has 2 aromatic heterocycles. The molecule has 0 bridgehead atoms. The van der Waals surface area contributed by atoms with Crippen LogP contribution in [0.3, 0.4) is 0 Å². The van der Waals surface area contributed by atoms with Gasteiger partial charge in [0.25, 0.3) is 11.8 Å². The number of aromatic nitrogens is 5. The second kappa shape index (κ2) is 8.32. The molecular weight excluding hydrogens is 382 g/mol. The molecule has 9 nitrogen and oxygen atoms in total. The molecule has 1 fully saturated rings. The molecular formula is C21H23N7O2. The molecule has 4 rings (SSSR count). The van der Waals surface area contributed by atoms with Gasteiger partial charge in [-0.2, -0.15) is 0 Å². The van der Waals surface area contributed by atoms with Gasteiger partial charge in [0.2, 0.25) is 0 Å². The number of aryl methyl sites for hydroxylation is 1. The van der Waals surface area contributed by atoms with Crippen LogP contribution in [0.4, 0.5) is 0 Å². The smallest absolute Gasteiger partial charge is 0.274 e. The van der Waals surface area contributed by atoms with E-state index >= 15 is 0 Å². The van der Waals surface area contributed by atoms with E-state index in [-0.39, 0.29) is 23.6 Å². The van der Waals surface area contributed by atoms with Crippen LogP contribution in [0.5, 0.6) is 0 Å². The van der Waals surface area contributed by atoms with Crippen molar-refractivity contribution in [2.24, 2.45) is 7.05 Å². The number of hydrogen-bond acceptors (Lipinski definition) is 5. The van der Waals surface area contributed by atoms with Gasteiger partial charge in [-0.25, -0.2) is 9.67 Å². The molecule has 3 aromatic rings. The summed E-state index contributed by atoms with van der Waals surface area (Å²) < 4.78 is 3.46. The summed E-state index contributed by atoms with van der Waals surface area (Å²) in [6.45, 7) is 2.43. The maximum atomic E-state index is 12.7. The number of imidazole rings is 1. The fourth-order valence-electron chi connectivity index (χ4n) is 2.98. The van der Waals surface area contributed by atoms with Gasteiger partial charge in [-0.05, 0) is 56.2 Å². The third-order valence-corrected chi connectivity index (χ3v) is 4.79. The lowest BCUT2D eigenvalue weighted by Crippen LogP contribution is -2.26. The van der Waals surface area contributed by atoms with E-state index in [1.807, 2.05) is 30.8 Å². The first-order chi connectivity index (χ1) is 14.6. The van der Waals surface area contributed by atoms with Gasteiger partial charge in [0.15, 0.2) is 5.69 Å². The number of hydrogen-bond donors (Lipinski definition) is 2. The fourth-order valence-corrected chi connectivity index (χ4v) is 2.98. The summed E-state index contributed by atoms with van der Waals surface area (Å²) >= 11 is 0. The van der Waals surface area contributed by atoms with Gasteiger partial charge in [0.1, 0.15) is 11.5 Å². The summed E-state index contributed by atoms with van der Waals surface area (Å²) in [6.07, 6.45) is 9.11. The Balaban J connectivity index is 1.69. The Bertz CT molecular complexity index is 1090. The molecule has 0 aliphatic heterocycles. The molecule has 1 saturated carbocycles. The lowest BCUT2D eigenvalue weighted by molar-refractivity contribution is 0.0941. The summed E-state index contributed by atoms with van der Waals surface area (Å²) in [4.78, 5) is 29.0. The molecule has 30 heavy (non-hydrogen) atoms. The number of nitrogens with one attached hydrogen (secondary N) is 2. The van der Waals surface area contributed by atoms with E-state index in [9.17, 15) is 9.59 Å². The maximum absolute atomic E-state index is 12.7. The van der Waals surface area contributed by atoms with Crippen LogP contribution in [-0.2, 0) is 7.05 Å². The zero-order valence-electron chi connectivity index (χ0n) is 16.9. The van der Waals surface area contributed by atoms with Gasteiger partial charge in [-0.3, -0.25) is 9.59 Å². The van der Waals surface area contributed by atoms with Gasteiger partial charge >= 0.3 is 0 Å². The minimum atomic E-state index is -0.248. The van der Waals surface area contributed by atoms with Crippen molar-refractivity contribution in [2.75, 3.05) is 6.54 Å². The predicted molar refractivity (Wildman–Crippen MR) is 112 cm³/mol. The van der Waals surface area contributed by atoms with Crippen molar-refractivity contribution >= 4 is 24.0 Å². The lowest BCUT2D eigenvalue weighted by atomic mass is 10.2. The topological polar surface area (TPSA) is 107 Å².